The minimum absolute atomic E-state index is 0.158. The molecule has 0 atom stereocenters. The van der Waals surface area contributed by atoms with Crippen LogP contribution in [0.25, 0.3) is 23.1 Å². The van der Waals surface area contributed by atoms with Gasteiger partial charge in [-0.15, -0.1) is 10.2 Å². The van der Waals surface area contributed by atoms with Gasteiger partial charge in [-0.25, -0.2) is 0 Å². The lowest BCUT2D eigenvalue weighted by molar-refractivity contribution is -0.113. The molecule has 0 saturated carbocycles. The van der Waals surface area contributed by atoms with Gasteiger partial charge < -0.3 is 14.6 Å². The van der Waals surface area contributed by atoms with Gasteiger partial charge in [0.25, 0.3) is 5.89 Å². The summed E-state index contributed by atoms with van der Waals surface area (Å²) in [6, 6.07) is 12.7. The summed E-state index contributed by atoms with van der Waals surface area (Å²) in [7, 11) is 1.61. The number of nitrogens with zero attached hydrogens (tertiary/aromatic N) is 5. The number of ether oxygens (including phenoxy) is 1. The SMILES string of the molecule is CCn1c(SCC(=O)Nc2cc(Cl)ccc2C)nnc1-c1nc(-c2ccc(OC)cc2)no1. The quantitative estimate of drug-likeness (QED) is 0.358. The van der Waals surface area contributed by atoms with E-state index in [-0.39, 0.29) is 17.6 Å². The van der Waals surface area contributed by atoms with Gasteiger partial charge in [0.15, 0.2) is 5.16 Å². The first kappa shape index (κ1) is 22.8. The Morgan fingerprint density at radius 2 is 2.00 bits per heavy atom. The second kappa shape index (κ2) is 10.1. The van der Waals surface area contributed by atoms with Crippen LogP contribution in [0, 0.1) is 6.92 Å². The van der Waals surface area contributed by atoms with Crippen molar-refractivity contribution in [1.82, 2.24) is 24.9 Å². The summed E-state index contributed by atoms with van der Waals surface area (Å²) in [5.74, 6) is 1.86. The molecule has 0 aliphatic heterocycles. The van der Waals surface area contributed by atoms with Crippen molar-refractivity contribution in [3.05, 3.63) is 53.1 Å². The Morgan fingerprint density at radius 3 is 2.73 bits per heavy atom. The van der Waals surface area contributed by atoms with Crippen molar-refractivity contribution >= 4 is 35.0 Å². The molecule has 9 nitrogen and oxygen atoms in total. The number of aromatic nitrogens is 5. The Bertz CT molecular complexity index is 1270. The van der Waals surface area contributed by atoms with Crippen LogP contribution >= 0.6 is 23.4 Å². The summed E-state index contributed by atoms with van der Waals surface area (Å²) < 4.78 is 12.4. The molecule has 0 bridgehead atoms. The number of rotatable bonds is 8. The van der Waals surface area contributed by atoms with Crippen molar-refractivity contribution in [3.63, 3.8) is 0 Å². The predicted octanol–water partition coefficient (Wildman–Crippen LogP) is 4.72. The molecule has 11 heteroatoms. The van der Waals surface area contributed by atoms with E-state index >= 15 is 0 Å². The fourth-order valence-electron chi connectivity index (χ4n) is 3.06. The minimum Gasteiger partial charge on any atom is -0.497 e. The Balaban J connectivity index is 1.46. The maximum atomic E-state index is 12.4. The number of carbonyl (C=O) groups excluding carboxylic acids is 1. The van der Waals surface area contributed by atoms with E-state index in [1.54, 1.807) is 19.2 Å². The molecule has 33 heavy (non-hydrogen) atoms. The van der Waals surface area contributed by atoms with Gasteiger partial charge in [-0.1, -0.05) is 34.6 Å². The largest absolute Gasteiger partial charge is 0.497 e. The number of carbonyl (C=O) groups is 1. The molecular weight excluding hydrogens is 464 g/mol. The van der Waals surface area contributed by atoms with E-state index in [4.69, 9.17) is 20.9 Å². The Hall–Kier alpha value is -3.37. The number of hydrogen-bond acceptors (Lipinski definition) is 8. The third kappa shape index (κ3) is 5.18. The van der Waals surface area contributed by atoms with Crippen LogP contribution in [-0.2, 0) is 11.3 Å². The number of amides is 1. The minimum atomic E-state index is -0.169. The molecule has 0 saturated heterocycles. The van der Waals surface area contributed by atoms with E-state index in [9.17, 15) is 4.79 Å². The fraction of sp³-hybridized carbons (Fsp3) is 0.227. The van der Waals surface area contributed by atoms with Crippen LogP contribution in [0.15, 0.2) is 52.1 Å². The number of nitrogens with one attached hydrogen (secondary N) is 1. The summed E-state index contributed by atoms with van der Waals surface area (Å²) in [5.41, 5.74) is 2.40. The van der Waals surface area contributed by atoms with Gasteiger partial charge in [-0.3, -0.25) is 9.36 Å². The normalized spacial score (nSPS) is 10.9. The molecule has 0 fully saturated rings. The van der Waals surface area contributed by atoms with Crippen LogP contribution in [0.5, 0.6) is 5.75 Å². The highest BCUT2D eigenvalue weighted by Crippen LogP contribution is 2.26. The summed E-state index contributed by atoms with van der Waals surface area (Å²) >= 11 is 7.30. The third-order valence-corrected chi connectivity index (χ3v) is 6.01. The molecule has 2 heterocycles. The van der Waals surface area contributed by atoms with Crippen LogP contribution in [0.2, 0.25) is 5.02 Å². The first-order chi connectivity index (χ1) is 16.0. The Kier molecular flexibility index (Phi) is 6.95. The maximum absolute atomic E-state index is 12.4. The van der Waals surface area contributed by atoms with E-state index in [1.165, 1.54) is 11.8 Å². The zero-order valence-electron chi connectivity index (χ0n) is 18.2. The van der Waals surface area contributed by atoms with Gasteiger partial charge >= 0.3 is 0 Å². The standard InChI is InChI=1S/C22H21ClN6O3S/c1-4-29-20(21-25-19(28-32-21)14-6-9-16(31-3)10-7-14)26-27-22(29)33-12-18(30)24-17-11-15(23)8-5-13(17)2/h5-11H,4,12H2,1-3H3,(H,24,30). The van der Waals surface area contributed by atoms with E-state index in [0.717, 1.165) is 16.9 Å². The zero-order chi connectivity index (χ0) is 23.4. The predicted molar refractivity (Wildman–Crippen MR) is 127 cm³/mol. The first-order valence-electron chi connectivity index (χ1n) is 10.1. The molecule has 0 spiro atoms. The second-order valence-electron chi connectivity index (χ2n) is 7.00. The third-order valence-electron chi connectivity index (χ3n) is 4.80. The van der Waals surface area contributed by atoms with Crippen LogP contribution in [0.4, 0.5) is 5.69 Å². The topological polar surface area (TPSA) is 108 Å². The lowest BCUT2D eigenvalue weighted by Gasteiger charge is -2.09. The monoisotopic (exact) mass is 484 g/mol. The van der Waals surface area contributed by atoms with Crippen LogP contribution in [0.3, 0.4) is 0 Å². The molecule has 0 aliphatic rings. The number of methoxy groups -OCH3 is 1. The smallest absolute Gasteiger partial charge is 0.296 e. The second-order valence-corrected chi connectivity index (χ2v) is 8.38. The van der Waals surface area contributed by atoms with E-state index < -0.39 is 0 Å². The number of thioether (sulfide) groups is 1. The molecule has 2 aromatic carbocycles. The summed E-state index contributed by atoms with van der Waals surface area (Å²) in [6.45, 7) is 4.43. The summed E-state index contributed by atoms with van der Waals surface area (Å²) in [4.78, 5) is 16.9. The molecule has 0 aliphatic carbocycles. The van der Waals surface area contributed by atoms with E-state index in [0.29, 0.717) is 34.1 Å². The van der Waals surface area contributed by atoms with Gasteiger partial charge in [0, 0.05) is 22.8 Å². The van der Waals surface area contributed by atoms with Gasteiger partial charge in [0.05, 0.1) is 12.9 Å². The lowest BCUT2D eigenvalue weighted by Crippen LogP contribution is -2.15. The molecule has 1 amide bonds. The average Bonchev–Trinajstić information content (AvgIpc) is 3.47. The molecule has 4 aromatic rings. The Morgan fingerprint density at radius 1 is 1.21 bits per heavy atom. The summed E-state index contributed by atoms with van der Waals surface area (Å²) in [6.07, 6.45) is 0. The maximum Gasteiger partial charge on any atom is 0.296 e. The van der Waals surface area contributed by atoms with Crippen molar-refractivity contribution < 1.29 is 14.1 Å². The van der Waals surface area contributed by atoms with Crippen molar-refractivity contribution in [2.45, 2.75) is 25.5 Å². The van der Waals surface area contributed by atoms with Gasteiger partial charge in [0.2, 0.25) is 17.6 Å². The van der Waals surface area contributed by atoms with Gasteiger partial charge in [-0.2, -0.15) is 4.98 Å². The van der Waals surface area contributed by atoms with Gasteiger partial charge in [-0.05, 0) is 55.8 Å². The highest BCUT2D eigenvalue weighted by Gasteiger charge is 2.20. The molecule has 2 aromatic heterocycles. The highest BCUT2D eigenvalue weighted by atomic mass is 35.5. The number of aryl methyl sites for hydroxylation is 1. The fourth-order valence-corrected chi connectivity index (χ4v) is 4.03. The Labute approximate surface area is 199 Å². The summed E-state index contributed by atoms with van der Waals surface area (Å²) in [5, 5.41) is 16.5. The molecular formula is C22H21ClN6O3S. The highest BCUT2D eigenvalue weighted by molar-refractivity contribution is 7.99. The molecule has 0 unspecified atom stereocenters. The number of benzene rings is 2. The van der Waals surface area contributed by atoms with Crippen molar-refractivity contribution in [1.29, 1.82) is 0 Å². The van der Waals surface area contributed by atoms with E-state index in [1.807, 2.05) is 48.7 Å². The van der Waals surface area contributed by atoms with Crippen LogP contribution < -0.4 is 10.1 Å². The van der Waals surface area contributed by atoms with E-state index in [2.05, 4.69) is 25.7 Å². The number of halogens is 1. The van der Waals surface area contributed by atoms with Crippen LogP contribution in [-0.4, -0.2) is 43.7 Å². The van der Waals surface area contributed by atoms with Gasteiger partial charge in [0.1, 0.15) is 5.75 Å². The molecule has 1 N–H and O–H groups in total. The zero-order valence-corrected chi connectivity index (χ0v) is 19.8. The van der Waals surface area contributed by atoms with Crippen molar-refractivity contribution in [3.8, 4) is 28.9 Å². The first-order valence-corrected chi connectivity index (χ1v) is 11.5. The van der Waals surface area contributed by atoms with Crippen molar-refractivity contribution in [2.24, 2.45) is 0 Å². The number of hydrogen-bond donors (Lipinski definition) is 1. The molecule has 4 rings (SSSR count). The average molecular weight is 485 g/mol. The molecule has 170 valence electrons. The molecule has 0 radical (unpaired) electrons. The van der Waals surface area contributed by atoms with Crippen molar-refractivity contribution in [2.75, 3.05) is 18.2 Å². The number of anilines is 1. The van der Waals surface area contributed by atoms with Crippen LogP contribution in [0.1, 0.15) is 12.5 Å². The lowest BCUT2D eigenvalue weighted by atomic mass is 10.2.